The van der Waals surface area contributed by atoms with Crippen molar-refractivity contribution in [1.82, 2.24) is 15.1 Å². The van der Waals surface area contributed by atoms with Crippen LogP contribution < -0.4 is 0 Å². The van der Waals surface area contributed by atoms with Crippen molar-refractivity contribution in [2.24, 2.45) is 5.10 Å². The molecule has 0 saturated carbocycles. The highest BCUT2D eigenvalue weighted by Gasteiger charge is 2.16. The van der Waals surface area contributed by atoms with Gasteiger partial charge in [0.2, 0.25) is 0 Å². The number of aromatic nitrogens is 1. The minimum atomic E-state index is 0.852. The van der Waals surface area contributed by atoms with Gasteiger partial charge in [-0.25, -0.2) is 0 Å². The van der Waals surface area contributed by atoms with Crippen LogP contribution >= 0.6 is 0 Å². The molecule has 2 heterocycles. The molecule has 1 aliphatic rings. The Morgan fingerprint density at radius 3 is 2.75 bits per heavy atom. The number of aryl methyl sites for hydroxylation is 1. The topological polar surface area (TPSA) is 44.9 Å². The summed E-state index contributed by atoms with van der Waals surface area (Å²) in [7, 11) is 0. The molecule has 2 rings (SSSR count). The van der Waals surface area contributed by atoms with Gasteiger partial charge >= 0.3 is 0 Å². The molecule has 88 valence electrons. The van der Waals surface area contributed by atoms with Gasteiger partial charge in [0.1, 0.15) is 0 Å². The van der Waals surface area contributed by atoms with Crippen molar-refractivity contribution in [2.75, 3.05) is 26.2 Å². The van der Waals surface area contributed by atoms with Gasteiger partial charge < -0.3 is 4.52 Å². The van der Waals surface area contributed by atoms with Gasteiger partial charge in [0, 0.05) is 38.5 Å². The second-order valence-electron chi connectivity index (χ2n) is 4.04. The second kappa shape index (κ2) is 5.12. The van der Waals surface area contributed by atoms with Crippen LogP contribution in [0.3, 0.4) is 0 Å². The molecule has 0 amide bonds. The molecule has 0 N–H and O–H groups in total. The summed E-state index contributed by atoms with van der Waals surface area (Å²) in [5.74, 6) is 0.949. The fourth-order valence-corrected chi connectivity index (χ4v) is 1.89. The lowest BCUT2D eigenvalue weighted by atomic mass is 10.3. The molecule has 1 aliphatic heterocycles. The Labute approximate surface area is 95.7 Å². The van der Waals surface area contributed by atoms with Crippen LogP contribution in [0.15, 0.2) is 15.7 Å². The molecular formula is C11H18N4O. The average Bonchev–Trinajstić information content (AvgIpc) is 2.67. The number of hydrazone groups is 1. The van der Waals surface area contributed by atoms with Gasteiger partial charge in [-0.1, -0.05) is 5.16 Å². The van der Waals surface area contributed by atoms with E-state index in [2.05, 4.69) is 20.2 Å². The third-order valence-corrected chi connectivity index (χ3v) is 2.68. The summed E-state index contributed by atoms with van der Waals surface area (Å²) in [5, 5.41) is 10.3. The van der Waals surface area contributed by atoms with Crippen LogP contribution in [0.1, 0.15) is 18.4 Å². The van der Waals surface area contributed by atoms with E-state index in [1.807, 2.05) is 26.1 Å². The summed E-state index contributed by atoms with van der Waals surface area (Å²) < 4.78 is 5.21. The van der Waals surface area contributed by atoms with E-state index in [9.17, 15) is 0 Å². The maximum atomic E-state index is 5.21. The lowest BCUT2D eigenvalue weighted by Crippen LogP contribution is -2.43. The van der Waals surface area contributed by atoms with Gasteiger partial charge in [0.15, 0.2) is 5.76 Å². The lowest BCUT2D eigenvalue weighted by Gasteiger charge is -2.32. The number of hydrogen-bond acceptors (Lipinski definition) is 5. The van der Waals surface area contributed by atoms with Gasteiger partial charge in [0.05, 0.1) is 12.2 Å². The fraction of sp³-hybridized carbons (Fsp3) is 0.636. The molecule has 16 heavy (non-hydrogen) atoms. The van der Waals surface area contributed by atoms with Gasteiger partial charge in [0.25, 0.3) is 0 Å². The van der Waals surface area contributed by atoms with Crippen LogP contribution in [0.4, 0.5) is 0 Å². The number of piperazine rings is 1. The van der Waals surface area contributed by atoms with Crippen LogP contribution in [0.2, 0.25) is 0 Å². The Morgan fingerprint density at radius 1 is 1.44 bits per heavy atom. The molecule has 1 fully saturated rings. The Morgan fingerprint density at radius 2 is 2.19 bits per heavy atom. The highest BCUT2D eigenvalue weighted by Crippen LogP contribution is 2.09. The molecule has 1 saturated heterocycles. The second-order valence-corrected chi connectivity index (χ2v) is 4.04. The van der Waals surface area contributed by atoms with E-state index in [1.165, 1.54) is 0 Å². The molecular weight excluding hydrogens is 204 g/mol. The van der Waals surface area contributed by atoms with E-state index in [4.69, 9.17) is 4.52 Å². The van der Waals surface area contributed by atoms with Crippen LogP contribution in [0.25, 0.3) is 0 Å². The number of nitrogens with zero attached hydrogens (tertiary/aromatic N) is 4. The highest BCUT2D eigenvalue weighted by molar-refractivity contribution is 5.52. The van der Waals surface area contributed by atoms with Crippen LogP contribution in [0, 0.1) is 6.92 Å². The molecule has 0 atom stereocenters. The Balaban J connectivity index is 1.81. The summed E-state index contributed by atoms with van der Waals surface area (Å²) in [6.45, 7) is 8.76. The van der Waals surface area contributed by atoms with E-state index in [0.717, 1.165) is 44.2 Å². The zero-order valence-electron chi connectivity index (χ0n) is 9.89. The summed E-state index contributed by atoms with van der Waals surface area (Å²) in [5.41, 5.74) is 0.948. The Hall–Kier alpha value is -1.36. The van der Waals surface area contributed by atoms with Gasteiger partial charge in [-0.05, 0) is 13.8 Å². The first-order chi connectivity index (χ1) is 7.78. The van der Waals surface area contributed by atoms with Crippen LogP contribution in [0.5, 0.6) is 0 Å². The molecule has 1 aromatic heterocycles. The minimum absolute atomic E-state index is 0.852. The maximum absolute atomic E-state index is 5.21. The monoisotopic (exact) mass is 222 g/mol. The standard InChI is InChI=1S/C11H18N4O/c1-3-12-15-6-4-14(5-7-15)9-11-8-10(2)13-16-11/h3,8H,4-7,9H2,1-2H3/b12-3+. The average molecular weight is 222 g/mol. The predicted molar refractivity (Wildman–Crippen MR) is 62.3 cm³/mol. The van der Waals surface area contributed by atoms with Gasteiger partial charge in [-0.2, -0.15) is 5.10 Å². The molecule has 1 aromatic rings. The smallest absolute Gasteiger partial charge is 0.150 e. The van der Waals surface area contributed by atoms with E-state index in [-0.39, 0.29) is 0 Å². The van der Waals surface area contributed by atoms with E-state index >= 15 is 0 Å². The zero-order chi connectivity index (χ0) is 11.4. The number of hydrogen-bond donors (Lipinski definition) is 0. The molecule has 0 aromatic carbocycles. The first kappa shape index (κ1) is 11.1. The first-order valence-corrected chi connectivity index (χ1v) is 5.66. The highest BCUT2D eigenvalue weighted by atomic mass is 16.5. The molecule has 0 bridgehead atoms. The van der Waals surface area contributed by atoms with Crippen molar-refractivity contribution in [3.8, 4) is 0 Å². The third kappa shape index (κ3) is 2.82. The Kier molecular flexibility index (Phi) is 3.56. The first-order valence-electron chi connectivity index (χ1n) is 5.66. The predicted octanol–water partition coefficient (Wildman–Crippen LogP) is 1.11. The molecule has 0 radical (unpaired) electrons. The van der Waals surface area contributed by atoms with Gasteiger partial charge in [-0.15, -0.1) is 0 Å². The van der Waals surface area contributed by atoms with E-state index in [0.29, 0.717) is 0 Å². The SMILES string of the molecule is C/C=N/N1CCN(Cc2cc(C)no2)CC1. The Bertz CT molecular complexity index is 353. The summed E-state index contributed by atoms with van der Waals surface area (Å²) >= 11 is 0. The van der Waals surface area contributed by atoms with Crippen LogP contribution in [-0.2, 0) is 6.54 Å². The quantitative estimate of drug-likeness (QED) is 0.719. The summed E-state index contributed by atoms with van der Waals surface area (Å²) in [4.78, 5) is 2.36. The van der Waals surface area contributed by atoms with Gasteiger partial charge in [-0.3, -0.25) is 9.91 Å². The van der Waals surface area contributed by atoms with E-state index in [1.54, 1.807) is 0 Å². The molecule has 5 nitrogen and oxygen atoms in total. The summed E-state index contributed by atoms with van der Waals surface area (Å²) in [6.07, 6.45) is 1.84. The lowest BCUT2D eigenvalue weighted by molar-refractivity contribution is 0.122. The van der Waals surface area contributed by atoms with E-state index < -0.39 is 0 Å². The van der Waals surface area contributed by atoms with Crippen molar-refractivity contribution in [1.29, 1.82) is 0 Å². The fourth-order valence-electron chi connectivity index (χ4n) is 1.89. The molecule has 0 aliphatic carbocycles. The minimum Gasteiger partial charge on any atom is -0.360 e. The normalized spacial score (nSPS) is 18.5. The molecule has 5 heteroatoms. The zero-order valence-corrected chi connectivity index (χ0v) is 9.89. The van der Waals surface area contributed by atoms with Crippen LogP contribution in [-0.4, -0.2) is 47.5 Å². The van der Waals surface area contributed by atoms with Crippen molar-refractivity contribution >= 4 is 6.21 Å². The molecule has 0 unspecified atom stereocenters. The maximum Gasteiger partial charge on any atom is 0.150 e. The summed E-state index contributed by atoms with van der Waals surface area (Å²) in [6, 6.07) is 2.00. The molecule has 0 spiro atoms. The van der Waals surface area contributed by atoms with Crippen molar-refractivity contribution < 1.29 is 4.52 Å². The van der Waals surface area contributed by atoms with Crippen molar-refractivity contribution in [3.63, 3.8) is 0 Å². The third-order valence-electron chi connectivity index (χ3n) is 2.68. The number of rotatable bonds is 3. The van der Waals surface area contributed by atoms with Crippen molar-refractivity contribution in [2.45, 2.75) is 20.4 Å². The largest absolute Gasteiger partial charge is 0.360 e. The van der Waals surface area contributed by atoms with Crippen molar-refractivity contribution in [3.05, 3.63) is 17.5 Å².